The summed E-state index contributed by atoms with van der Waals surface area (Å²) in [5.74, 6) is 0.254. The number of aryl methyl sites for hydroxylation is 2. The highest BCUT2D eigenvalue weighted by molar-refractivity contribution is 7.92. The Balaban J connectivity index is 1.68. The van der Waals surface area contributed by atoms with E-state index in [1.807, 2.05) is 38.1 Å². The quantitative estimate of drug-likeness (QED) is 0.364. The standard InChI is InChI=1S/C28H33ClN2O4S/c1-20-6-14-25(15-7-20)36(33,34)31(23-11-8-21(2)26(29)18-23)19-27(32)30-16-17-35-24-12-9-22(10-13-24)28(3,4)5/h6-15,18H,16-17,19H2,1-5H3,(H,30,32). The fourth-order valence-corrected chi connectivity index (χ4v) is 5.07. The van der Waals surface area contributed by atoms with Crippen molar-refractivity contribution in [2.45, 2.75) is 44.9 Å². The molecule has 0 fully saturated rings. The summed E-state index contributed by atoms with van der Waals surface area (Å²) in [5.41, 5.74) is 3.32. The second-order valence-electron chi connectivity index (χ2n) is 9.73. The van der Waals surface area contributed by atoms with Gasteiger partial charge in [-0.05, 0) is 66.8 Å². The van der Waals surface area contributed by atoms with Gasteiger partial charge >= 0.3 is 0 Å². The molecule has 0 atom stereocenters. The molecule has 3 aromatic carbocycles. The van der Waals surface area contributed by atoms with Crippen LogP contribution in [0, 0.1) is 13.8 Å². The second kappa shape index (κ2) is 11.4. The van der Waals surface area contributed by atoms with Gasteiger partial charge in [0, 0.05) is 5.02 Å². The van der Waals surface area contributed by atoms with E-state index in [1.165, 1.54) is 17.7 Å². The molecule has 0 aliphatic carbocycles. The van der Waals surface area contributed by atoms with Crippen LogP contribution in [-0.4, -0.2) is 34.0 Å². The lowest BCUT2D eigenvalue weighted by Gasteiger charge is -2.24. The molecular weight excluding hydrogens is 496 g/mol. The van der Waals surface area contributed by atoms with Crippen molar-refractivity contribution in [3.8, 4) is 5.75 Å². The Labute approximate surface area is 219 Å². The summed E-state index contributed by atoms with van der Waals surface area (Å²) < 4.78 is 33.7. The molecule has 1 amide bonds. The average Bonchev–Trinajstić information content (AvgIpc) is 2.82. The van der Waals surface area contributed by atoms with Crippen molar-refractivity contribution in [3.63, 3.8) is 0 Å². The molecule has 0 unspecified atom stereocenters. The van der Waals surface area contributed by atoms with E-state index in [-0.39, 0.29) is 23.5 Å². The molecule has 0 spiro atoms. The molecule has 0 bridgehead atoms. The number of rotatable bonds is 9. The van der Waals surface area contributed by atoms with Crippen LogP contribution in [0.25, 0.3) is 0 Å². The lowest BCUT2D eigenvalue weighted by molar-refractivity contribution is -0.119. The highest BCUT2D eigenvalue weighted by atomic mass is 35.5. The summed E-state index contributed by atoms with van der Waals surface area (Å²) in [4.78, 5) is 12.9. The maximum absolute atomic E-state index is 13.5. The van der Waals surface area contributed by atoms with Crippen molar-refractivity contribution >= 4 is 33.2 Å². The average molecular weight is 529 g/mol. The molecule has 0 saturated heterocycles. The molecule has 0 aliphatic heterocycles. The zero-order valence-electron chi connectivity index (χ0n) is 21.3. The van der Waals surface area contributed by atoms with Gasteiger partial charge in [0.15, 0.2) is 0 Å². The number of hydrogen-bond acceptors (Lipinski definition) is 4. The Morgan fingerprint density at radius 1 is 0.972 bits per heavy atom. The summed E-state index contributed by atoms with van der Waals surface area (Å²) >= 11 is 6.27. The predicted octanol–water partition coefficient (Wildman–Crippen LogP) is 5.64. The van der Waals surface area contributed by atoms with Crippen LogP contribution in [0.15, 0.2) is 71.6 Å². The first kappa shape index (κ1) is 27.6. The van der Waals surface area contributed by atoms with E-state index < -0.39 is 22.5 Å². The van der Waals surface area contributed by atoms with Crippen molar-refractivity contribution in [2.24, 2.45) is 0 Å². The van der Waals surface area contributed by atoms with Crippen LogP contribution >= 0.6 is 11.6 Å². The predicted molar refractivity (Wildman–Crippen MR) is 146 cm³/mol. The van der Waals surface area contributed by atoms with Crippen molar-refractivity contribution in [1.29, 1.82) is 0 Å². The van der Waals surface area contributed by atoms with Gasteiger partial charge in [0.05, 0.1) is 17.1 Å². The van der Waals surface area contributed by atoms with E-state index in [4.69, 9.17) is 16.3 Å². The van der Waals surface area contributed by atoms with Gasteiger partial charge in [0.1, 0.15) is 18.9 Å². The minimum Gasteiger partial charge on any atom is -0.492 e. The van der Waals surface area contributed by atoms with Crippen LogP contribution in [0.4, 0.5) is 5.69 Å². The zero-order chi connectivity index (χ0) is 26.5. The van der Waals surface area contributed by atoms with Crippen molar-refractivity contribution in [3.05, 3.63) is 88.4 Å². The molecule has 36 heavy (non-hydrogen) atoms. The minimum absolute atomic E-state index is 0.0545. The van der Waals surface area contributed by atoms with Gasteiger partial charge in [0.25, 0.3) is 10.0 Å². The van der Waals surface area contributed by atoms with Gasteiger partial charge in [-0.25, -0.2) is 8.42 Å². The number of carbonyl (C=O) groups excluding carboxylic acids is 1. The molecule has 0 aliphatic rings. The highest BCUT2D eigenvalue weighted by Crippen LogP contribution is 2.28. The first-order chi connectivity index (χ1) is 16.9. The highest BCUT2D eigenvalue weighted by Gasteiger charge is 2.27. The Morgan fingerprint density at radius 3 is 2.19 bits per heavy atom. The maximum atomic E-state index is 13.5. The molecule has 192 valence electrons. The number of hydrogen-bond donors (Lipinski definition) is 1. The molecule has 1 N–H and O–H groups in total. The van der Waals surface area contributed by atoms with E-state index in [0.29, 0.717) is 16.5 Å². The Kier molecular flexibility index (Phi) is 8.69. The minimum atomic E-state index is -4.00. The topological polar surface area (TPSA) is 75.7 Å². The second-order valence-corrected chi connectivity index (χ2v) is 12.0. The first-order valence-corrected chi connectivity index (χ1v) is 13.6. The molecule has 6 nitrogen and oxygen atoms in total. The Hall–Kier alpha value is -3.03. The van der Waals surface area contributed by atoms with Gasteiger partial charge in [-0.1, -0.05) is 68.3 Å². The zero-order valence-corrected chi connectivity index (χ0v) is 22.9. The number of ether oxygens (including phenoxy) is 1. The third-order valence-electron chi connectivity index (χ3n) is 5.75. The molecule has 0 aromatic heterocycles. The lowest BCUT2D eigenvalue weighted by atomic mass is 9.87. The van der Waals surface area contributed by atoms with Crippen molar-refractivity contribution < 1.29 is 17.9 Å². The molecule has 3 aromatic rings. The third kappa shape index (κ3) is 7.02. The number of benzene rings is 3. The van der Waals surface area contributed by atoms with Gasteiger partial charge in [-0.3, -0.25) is 9.10 Å². The van der Waals surface area contributed by atoms with E-state index >= 15 is 0 Å². The fourth-order valence-electron chi connectivity index (χ4n) is 3.49. The maximum Gasteiger partial charge on any atom is 0.264 e. The van der Waals surface area contributed by atoms with Crippen LogP contribution in [0.1, 0.15) is 37.5 Å². The monoisotopic (exact) mass is 528 g/mol. The Bertz CT molecular complexity index is 1300. The molecule has 3 rings (SSSR count). The van der Waals surface area contributed by atoms with E-state index in [9.17, 15) is 13.2 Å². The number of carbonyl (C=O) groups is 1. The Morgan fingerprint density at radius 2 is 1.61 bits per heavy atom. The van der Waals surface area contributed by atoms with E-state index in [2.05, 4.69) is 26.1 Å². The van der Waals surface area contributed by atoms with Crippen LogP contribution in [0.3, 0.4) is 0 Å². The summed E-state index contributed by atoms with van der Waals surface area (Å²) in [6.07, 6.45) is 0. The van der Waals surface area contributed by atoms with E-state index in [1.54, 1.807) is 30.3 Å². The number of sulfonamides is 1. The SMILES string of the molecule is Cc1ccc(S(=O)(=O)N(CC(=O)NCCOc2ccc(C(C)(C)C)cc2)c2ccc(C)c(Cl)c2)cc1. The summed E-state index contributed by atoms with van der Waals surface area (Å²) in [6, 6.07) is 19.3. The molecular formula is C28H33ClN2O4S. The summed E-state index contributed by atoms with van der Waals surface area (Å²) in [5, 5.41) is 3.16. The normalized spacial score (nSPS) is 11.7. The molecule has 8 heteroatoms. The van der Waals surface area contributed by atoms with Gasteiger partial charge < -0.3 is 10.1 Å². The number of amides is 1. The fraction of sp³-hybridized carbons (Fsp3) is 0.321. The lowest BCUT2D eigenvalue weighted by Crippen LogP contribution is -2.42. The number of halogens is 1. The summed E-state index contributed by atoms with van der Waals surface area (Å²) in [6.45, 7) is 10.2. The van der Waals surface area contributed by atoms with Crippen LogP contribution in [-0.2, 0) is 20.2 Å². The number of anilines is 1. The first-order valence-electron chi connectivity index (χ1n) is 11.7. The smallest absolute Gasteiger partial charge is 0.264 e. The van der Waals surface area contributed by atoms with Crippen LogP contribution in [0.2, 0.25) is 5.02 Å². The third-order valence-corrected chi connectivity index (χ3v) is 7.95. The number of nitrogens with zero attached hydrogens (tertiary/aromatic N) is 1. The van der Waals surface area contributed by atoms with Crippen molar-refractivity contribution in [2.75, 3.05) is 24.0 Å². The molecule has 0 saturated carbocycles. The number of nitrogens with one attached hydrogen (secondary N) is 1. The van der Waals surface area contributed by atoms with Crippen LogP contribution < -0.4 is 14.4 Å². The van der Waals surface area contributed by atoms with Gasteiger partial charge in [-0.15, -0.1) is 0 Å². The summed E-state index contributed by atoms with van der Waals surface area (Å²) in [7, 11) is -4.00. The molecule has 0 heterocycles. The largest absolute Gasteiger partial charge is 0.492 e. The van der Waals surface area contributed by atoms with Gasteiger partial charge in [0.2, 0.25) is 5.91 Å². The van der Waals surface area contributed by atoms with Crippen LogP contribution in [0.5, 0.6) is 5.75 Å². The van der Waals surface area contributed by atoms with Gasteiger partial charge in [-0.2, -0.15) is 0 Å². The van der Waals surface area contributed by atoms with Crippen molar-refractivity contribution in [1.82, 2.24) is 5.32 Å². The molecule has 0 radical (unpaired) electrons. The van der Waals surface area contributed by atoms with E-state index in [0.717, 1.165) is 15.4 Å².